The molecular formula is C23H26F3N3O. The van der Waals surface area contributed by atoms with Crippen LogP contribution in [0.15, 0.2) is 48.5 Å². The van der Waals surface area contributed by atoms with Crippen molar-refractivity contribution >= 4 is 22.6 Å². The molecule has 1 heterocycles. The highest BCUT2D eigenvalue weighted by Crippen LogP contribution is 2.37. The maximum atomic E-state index is 13.6. The Balaban J connectivity index is 1.89. The van der Waals surface area contributed by atoms with E-state index in [1.54, 1.807) is 36.4 Å². The van der Waals surface area contributed by atoms with Crippen LogP contribution in [0.25, 0.3) is 10.9 Å². The van der Waals surface area contributed by atoms with Gasteiger partial charge in [-0.1, -0.05) is 63.3 Å². The first-order valence-electron chi connectivity index (χ1n) is 10.3. The minimum atomic E-state index is -4.50. The van der Waals surface area contributed by atoms with Gasteiger partial charge in [-0.15, -0.1) is 0 Å². The second kappa shape index (κ2) is 9.78. The third-order valence-electron chi connectivity index (χ3n) is 5.07. The summed E-state index contributed by atoms with van der Waals surface area (Å²) in [4.78, 5) is 12.5. The first-order chi connectivity index (χ1) is 14.4. The fourth-order valence-corrected chi connectivity index (χ4v) is 3.53. The number of anilines is 1. The van der Waals surface area contributed by atoms with Gasteiger partial charge in [-0.3, -0.25) is 9.48 Å². The van der Waals surface area contributed by atoms with Gasteiger partial charge in [0.1, 0.15) is 0 Å². The normalized spacial score (nSPS) is 11.7. The van der Waals surface area contributed by atoms with E-state index in [2.05, 4.69) is 17.3 Å². The Morgan fingerprint density at radius 1 is 0.967 bits per heavy atom. The molecule has 1 amide bonds. The zero-order valence-corrected chi connectivity index (χ0v) is 17.0. The molecular weight excluding hydrogens is 391 g/mol. The number of halogens is 3. The number of carbonyl (C=O) groups is 1. The van der Waals surface area contributed by atoms with Crippen molar-refractivity contribution in [2.24, 2.45) is 0 Å². The third kappa shape index (κ3) is 5.20. The van der Waals surface area contributed by atoms with Gasteiger partial charge in [0.15, 0.2) is 5.82 Å². The van der Waals surface area contributed by atoms with Crippen LogP contribution in [0.4, 0.5) is 19.0 Å². The number of benzene rings is 2. The molecule has 1 N–H and O–H groups in total. The maximum Gasteiger partial charge on any atom is 0.418 e. The quantitative estimate of drug-likeness (QED) is 0.395. The van der Waals surface area contributed by atoms with Crippen molar-refractivity contribution in [3.05, 3.63) is 59.7 Å². The van der Waals surface area contributed by atoms with Gasteiger partial charge in [0.05, 0.1) is 11.1 Å². The number of nitrogens with zero attached hydrogens (tertiary/aromatic N) is 2. The van der Waals surface area contributed by atoms with Crippen LogP contribution in [0, 0.1) is 0 Å². The van der Waals surface area contributed by atoms with E-state index in [-0.39, 0.29) is 11.3 Å². The minimum Gasteiger partial charge on any atom is -0.305 e. The van der Waals surface area contributed by atoms with E-state index in [1.165, 1.54) is 17.2 Å². The molecule has 0 unspecified atom stereocenters. The number of hydrogen-bond acceptors (Lipinski definition) is 2. The Bertz CT molecular complexity index is 981. The topological polar surface area (TPSA) is 46.9 Å². The highest BCUT2D eigenvalue weighted by Gasteiger charge is 2.34. The molecule has 30 heavy (non-hydrogen) atoms. The summed E-state index contributed by atoms with van der Waals surface area (Å²) in [5.41, 5.74) is -0.302. The number of nitrogens with one attached hydrogen (secondary N) is 1. The van der Waals surface area contributed by atoms with Crippen LogP contribution in [-0.4, -0.2) is 15.7 Å². The number of carbonyl (C=O) groups excluding carboxylic acids is 1. The van der Waals surface area contributed by atoms with E-state index in [0.29, 0.717) is 17.5 Å². The molecule has 1 aromatic heterocycles. The highest BCUT2D eigenvalue weighted by molar-refractivity contribution is 6.08. The lowest BCUT2D eigenvalue weighted by atomic mass is 10.1. The summed E-state index contributed by atoms with van der Waals surface area (Å²) in [5.74, 6) is -0.255. The number of hydrogen-bond donors (Lipinski definition) is 1. The van der Waals surface area contributed by atoms with Gasteiger partial charge in [0.2, 0.25) is 0 Å². The van der Waals surface area contributed by atoms with Crippen molar-refractivity contribution in [3.63, 3.8) is 0 Å². The monoisotopic (exact) mass is 417 g/mol. The molecule has 0 radical (unpaired) electrons. The van der Waals surface area contributed by atoms with Crippen molar-refractivity contribution in [1.82, 2.24) is 9.78 Å². The average Bonchev–Trinajstić information content (AvgIpc) is 3.08. The van der Waals surface area contributed by atoms with Crippen molar-refractivity contribution in [2.75, 3.05) is 5.32 Å². The molecule has 0 spiro atoms. The molecule has 0 saturated carbocycles. The number of unbranched alkanes of at least 4 members (excludes halogenated alkanes) is 5. The van der Waals surface area contributed by atoms with E-state index >= 15 is 0 Å². The van der Waals surface area contributed by atoms with Gasteiger partial charge in [-0.2, -0.15) is 18.3 Å². The van der Waals surface area contributed by atoms with E-state index in [9.17, 15) is 18.0 Å². The van der Waals surface area contributed by atoms with Gasteiger partial charge in [0.25, 0.3) is 5.91 Å². The molecule has 4 nitrogen and oxygen atoms in total. The van der Waals surface area contributed by atoms with Gasteiger partial charge < -0.3 is 5.32 Å². The summed E-state index contributed by atoms with van der Waals surface area (Å²) in [7, 11) is 0. The predicted octanol–water partition coefficient (Wildman–Crippen LogP) is 6.67. The largest absolute Gasteiger partial charge is 0.418 e. The molecule has 2 aromatic carbocycles. The Morgan fingerprint density at radius 2 is 1.67 bits per heavy atom. The minimum absolute atomic E-state index is 0.0157. The molecule has 160 valence electrons. The number of amides is 1. The Morgan fingerprint density at radius 3 is 2.37 bits per heavy atom. The molecule has 0 fully saturated rings. The van der Waals surface area contributed by atoms with E-state index in [4.69, 9.17) is 0 Å². The summed E-state index contributed by atoms with van der Waals surface area (Å²) in [6, 6.07) is 12.5. The van der Waals surface area contributed by atoms with Crippen LogP contribution in [0.5, 0.6) is 0 Å². The van der Waals surface area contributed by atoms with Crippen LogP contribution >= 0.6 is 0 Å². The lowest BCUT2D eigenvalue weighted by Gasteiger charge is -2.11. The van der Waals surface area contributed by atoms with Crippen molar-refractivity contribution in [3.8, 4) is 0 Å². The zero-order valence-electron chi connectivity index (χ0n) is 17.0. The van der Waals surface area contributed by atoms with E-state index in [0.717, 1.165) is 38.2 Å². The van der Waals surface area contributed by atoms with Crippen LogP contribution in [0.2, 0.25) is 0 Å². The fourth-order valence-electron chi connectivity index (χ4n) is 3.53. The molecule has 3 aromatic rings. The Kier molecular flexibility index (Phi) is 7.13. The summed E-state index contributed by atoms with van der Waals surface area (Å²) in [5, 5.41) is 7.32. The predicted molar refractivity (Wildman–Crippen MR) is 113 cm³/mol. The lowest BCUT2D eigenvalue weighted by molar-refractivity contribution is -0.136. The van der Waals surface area contributed by atoms with Gasteiger partial charge in [0, 0.05) is 17.5 Å². The molecule has 0 aliphatic heterocycles. The number of fused-ring (bicyclic) bond motifs is 1. The highest BCUT2D eigenvalue weighted by atomic mass is 19.4. The Labute approximate surface area is 174 Å². The molecule has 0 atom stereocenters. The number of aryl methyl sites for hydroxylation is 1. The summed E-state index contributed by atoms with van der Waals surface area (Å²) < 4.78 is 42.3. The van der Waals surface area contributed by atoms with Crippen LogP contribution in [0.1, 0.15) is 61.4 Å². The smallest absolute Gasteiger partial charge is 0.305 e. The molecule has 7 heteroatoms. The van der Waals surface area contributed by atoms with Crippen molar-refractivity contribution in [1.29, 1.82) is 0 Å². The first-order valence-corrected chi connectivity index (χ1v) is 10.3. The number of para-hydroxylation sites is 1. The second-order valence-corrected chi connectivity index (χ2v) is 7.36. The molecule has 0 saturated heterocycles. The van der Waals surface area contributed by atoms with Gasteiger partial charge in [-0.05, 0) is 30.7 Å². The van der Waals surface area contributed by atoms with E-state index < -0.39 is 17.6 Å². The van der Waals surface area contributed by atoms with Gasteiger partial charge >= 0.3 is 6.18 Å². The lowest BCUT2D eigenvalue weighted by Crippen LogP contribution is -2.12. The van der Waals surface area contributed by atoms with Crippen molar-refractivity contribution < 1.29 is 18.0 Å². The molecule has 3 rings (SSSR count). The molecule has 0 bridgehead atoms. The Hall–Kier alpha value is -2.83. The van der Waals surface area contributed by atoms with Crippen LogP contribution in [0.3, 0.4) is 0 Å². The molecule has 0 aliphatic carbocycles. The zero-order chi connectivity index (χ0) is 21.6. The summed E-state index contributed by atoms with van der Waals surface area (Å²) >= 11 is 0. The number of aromatic nitrogens is 2. The standard InChI is InChI=1S/C23H26F3N3O/c1-2-3-4-5-6-10-16-29-20-18(14-11-15-19(20)23(24,25)26)21(28-29)27-22(30)17-12-8-7-9-13-17/h7-9,11-15H,2-6,10,16H2,1H3,(H,27,28,30). The maximum absolute atomic E-state index is 13.6. The second-order valence-electron chi connectivity index (χ2n) is 7.36. The molecule has 0 aliphatic rings. The average molecular weight is 417 g/mol. The van der Waals surface area contributed by atoms with Crippen LogP contribution < -0.4 is 5.32 Å². The fraction of sp³-hybridized carbons (Fsp3) is 0.391. The first kappa shape index (κ1) is 21.9. The summed E-state index contributed by atoms with van der Waals surface area (Å²) in [6.45, 7) is 2.51. The van der Waals surface area contributed by atoms with Gasteiger partial charge in [-0.25, -0.2) is 0 Å². The van der Waals surface area contributed by atoms with E-state index in [1.807, 2.05) is 0 Å². The third-order valence-corrected chi connectivity index (χ3v) is 5.07. The van der Waals surface area contributed by atoms with Crippen molar-refractivity contribution in [2.45, 2.75) is 58.2 Å². The summed E-state index contributed by atoms with van der Waals surface area (Å²) in [6.07, 6.45) is 1.65. The number of alkyl halides is 3. The number of rotatable bonds is 9. The van der Waals surface area contributed by atoms with Crippen LogP contribution in [-0.2, 0) is 12.7 Å². The SMILES string of the molecule is CCCCCCCCn1nc(NC(=O)c2ccccc2)c2cccc(C(F)(F)F)c21.